The van der Waals surface area contributed by atoms with Gasteiger partial charge < -0.3 is 10.1 Å². The van der Waals surface area contributed by atoms with E-state index in [1.165, 1.54) is 23.8 Å². The Hall–Kier alpha value is -3.38. The number of carbonyl (C=O) groups excluding carboxylic acids is 1. The molecule has 0 aromatic heterocycles. The zero-order chi connectivity index (χ0) is 22.6. The summed E-state index contributed by atoms with van der Waals surface area (Å²) in [7, 11) is 0. The van der Waals surface area contributed by atoms with Gasteiger partial charge in [-0.05, 0) is 42.3 Å². The van der Waals surface area contributed by atoms with Crippen molar-refractivity contribution in [3.05, 3.63) is 99.1 Å². The number of carbonyl (C=O) groups is 1. The normalized spacial score (nSPS) is 12.1. The number of hydrogen-bond donors (Lipinski definition) is 1. The topological polar surface area (TPSA) is 81.5 Å². The van der Waals surface area contributed by atoms with Gasteiger partial charge in [0.2, 0.25) is 0 Å². The number of nitrogens with zero attached hydrogens (tertiary/aromatic N) is 1. The number of benzene rings is 3. The molecule has 1 N–H and O–H groups in total. The smallest absolute Gasteiger partial charge is 0.289 e. The van der Waals surface area contributed by atoms with Gasteiger partial charge in [0.15, 0.2) is 6.10 Å². The van der Waals surface area contributed by atoms with Gasteiger partial charge in [0, 0.05) is 17.2 Å². The van der Waals surface area contributed by atoms with Gasteiger partial charge in [-0.15, -0.1) is 0 Å². The molecular weight excluding hydrogens is 416 g/mol. The molecule has 31 heavy (non-hydrogen) atoms. The van der Waals surface area contributed by atoms with Crippen molar-refractivity contribution in [3.63, 3.8) is 0 Å². The molecule has 1 unspecified atom stereocenters. The Labute approximate surface area is 186 Å². The molecule has 0 radical (unpaired) electrons. The van der Waals surface area contributed by atoms with Crippen molar-refractivity contribution >= 4 is 28.9 Å². The molecule has 0 aliphatic heterocycles. The van der Waals surface area contributed by atoms with Gasteiger partial charge in [0.25, 0.3) is 11.6 Å². The quantitative estimate of drug-likeness (QED) is 0.363. The fourth-order valence-corrected chi connectivity index (χ4v) is 3.39. The first-order chi connectivity index (χ1) is 14.7. The van der Waals surface area contributed by atoms with Crippen LogP contribution >= 0.6 is 11.6 Å². The van der Waals surface area contributed by atoms with Crippen LogP contribution in [0.25, 0.3) is 0 Å². The van der Waals surface area contributed by atoms with Crippen LogP contribution in [0.3, 0.4) is 0 Å². The molecule has 3 aromatic carbocycles. The Kier molecular flexibility index (Phi) is 6.61. The van der Waals surface area contributed by atoms with Crippen LogP contribution in [0.4, 0.5) is 11.4 Å². The molecule has 6 nitrogen and oxygen atoms in total. The summed E-state index contributed by atoms with van der Waals surface area (Å²) in [6.45, 7) is 5.92. The minimum absolute atomic E-state index is 0.00538. The molecule has 1 amide bonds. The van der Waals surface area contributed by atoms with Crippen molar-refractivity contribution in [2.75, 3.05) is 5.32 Å². The summed E-state index contributed by atoms with van der Waals surface area (Å²) < 4.78 is 5.75. The third-order valence-corrected chi connectivity index (χ3v) is 5.48. The number of amides is 1. The Balaban J connectivity index is 1.67. The van der Waals surface area contributed by atoms with Crippen molar-refractivity contribution in [1.82, 2.24) is 0 Å². The number of nitro groups is 1. The number of hydrogen-bond acceptors (Lipinski definition) is 4. The highest BCUT2D eigenvalue weighted by Gasteiger charge is 2.23. The summed E-state index contributed by atoms with van der Waals surface area (Å²) in [6, 6.07) is 21.9. The SMILES string of the molecule is CC(Oc1ccc(C(C)(C)c2ccccc2)cc1)C(=O)Nc1ccc(Cl)c([N+](=O)[O-])c1. The van der Waals surface area contributed by atoms with Crippen molar-refractivity contribution in [1.29, 1.82) is 0 Å². The number of rotatable bonds is 7. The minimum atomic E-state index is -0.803. The van der Waals surface area contributed by atoms with Crippen LogP contribution in [0, 0.1) is 10.1 Å². The lowest BCUT2D eigenvalue weighted by Crippen LogP contribution is -2.30. The van der Waals surface area contributed by atoms with Gasteiger partial charge in [-0.1, -0.05) is 67.9 Å². The maximum absolute atomic E-state index is 12.5. The second kappa shape index (κ2) is 9.18. The zero-order valence-electron chi connectivity index (χ0n) is 17.5. The van der Waals surface area contributed by atoms with E-state index in [2.05, 4.69) is 31.3 Å². The van der Waals surface area contributed by atoms with Crippen LogP contribution in [0.5, 0.6) is 5.75 Å². The highest BCUT2D eigenvalue weighted by atomic mass is 35.5. The summed E-state index contributed by atoms with van der Waals surface area (Å²) in [5, 5.41) is 13.6. The number of halogens is 1. The lowest BCUT2D eigenvalue weighted by molar-refractivity contribution is -0.384. The van der Waals surface area contributed by atoms with E-state index in [1.807, 2.05) is 42.5 Å². The Morgan fingerprint density at radius 2 is 1.65 bits per heavy atom. The van der Waals surface area contributed by atoms with Crippen molar-refractivity contribution in [3.8, 4) is 5.75 Å². The molecule has 3 rings (SSSR count). The second-order valence-electron chi connectivity index (χ2n) is 7.69. The van der Waals surface area contributed by atoms with Crippen LogP contribution in [-0.4, -0.2) is 16.9 Å². The van der Waals surface area contributed by atoms with E-state index in [4.69, 9.17) is 16.3 Å². The Morgan fingerprint density at radius 1 is 1.03 bits per heavy atom. The first-order valence-electron chi connectivity index (χ1n) is 9.76. The highest BCUT2D eigenvalue weighted by Crippen LogP contribution is 2.32. The predicted molar refractivity (Wildman–Crippen MR) is 122 cm³/mol. The number of nitrogens with one attached hydrogen (secondary N) is 1. The largest absolute Gasteiger partial charge is 0.481 e. The Bertz CT molecular complexity index is 1080. The fourth-order valence-electron chi connectivity index (χ4n) is 3.20. The number of ether oxygens (including phenoxy) is 1. The van der Waals surface area contributed by atoms with Crippen LogP contribution < -0.4 is 10.1 Å². The van der Waals surface area contributed by atoms with Gasteiger partial charge >= 0.3 is 0 Å². The minimum Gasteiger partial charge on any atom is -0.481 e. The van der Waals surface area contributed by atoms with Gasteiger partial charge in [-0.25, -0.2) is 0 Å². The summed E-state index contributed by atoms with van der Waals surface area (Å²) >= 11 is 5.80. The van der Waals surface area contributed by atoms with Crippen molar-refractivity contribution in [2.24, 2.45) is 0 Å². The third-order valence-electron chi connectivity index (χ3n) is 5.16. The molecule has 0 saturated heterocycles. The van der Waals surface area contributed by atoms with E-state index >= 15 is 0 Å². The maximum atomic E-state index is 12.5. The molecule has 160 valence electrons. The van der Waals surface area contributed by atoms with Gasteiger partial charge in [0.05, 0.1) is 4.92 Å². The zero-order valence-corrected chi connectivity index (χ0v) is 18.2. The summed E-state index contributed by atoms with van der Waals surface area (Å²) in [6.07, 6.45) is -0.803. The molecule has 7 heteroatoms. The molecule has 0 bridgehead atoms. The van der Waals surface area contributed by atoms with E-state index < -0.39 is 16.9 Å². The molecule has 0 fully saturated rings. The second-order valence-corrected chi connectivity index (χ2v) is 8.10. The maximum Gasteiger partial charge on any atom is 0.289 e. The molecule has 0 aliphatic carbocycles. The van der Waals surface area contributed by atoms with Crippen LogP contribution in [-0.2, 0) is 10.2 Å². The standard InChI is InChI=1S/C24H23ClN2O4/c1-16(23(28)26-19-11-14-21(25)22(15-19)27(29)30)31-20-12-9-18(10-13-20)24(2,3)17-7-5-4-6-8-17/h4-16H,1-3H3,(H,26,28). The van der Waals surface area contributed by atoms with Gasteiger partial charge in [0.1, 0.15) is 10.8 Å². The Morgan fingerprint density at radius 3 is 2.26 bits per heavy atom. The first kappa shape index (κ1) is 22.3. The highest BCUT2D eigenvalue weighted by molar-refractivity contribution is 6.32. The van der Waals surface area contributed by atoms with E-state index in [9.17, 15) is 14.9 Å². The average Bonchev–Trinajstić information content (AvgIpc) is 2.75. The summed E-state index contributed by atoms with van der Waals surface area (Å²) in [4.78, 5) is 22.9. The molecule has 0 spiro atoms. The monoisotopic (exact) mass is 438 g/mol. The van der Waals surface area contributed by atoms with Crippen molar-refractivity contribution in [2.45, 2.75) is 32.3 Å². The summed E-state index contributed by atoms with van der Waals surface area (Å²) in [5.41, 5.74) is 2.15. The summed E-state index contributed by atoms with van der Waals surface area (Å²) in [5.74, 6) is 0.127. The number of nitro benzene ring substituents is 1. The van der Waals surface area contributed by atoms with Crippen molar-refractivity contribution < 1.29 is 14.5 Å². The predicted octanol–water partition coefficient (Wildman–Crippen LogP) is 5.98. The lowest BCUT2D eigenvalue weighted by atomic mass is 9.78. The van der Waals surface area contributed by atoms with Crippen LogP contribution in [0.2, 0.25) is 5.02 Å². The molecule has 0 heterocycles. The fraction of sp³-hybridized carbons (Fsp3) is 0.208. The molecule has 1 atom stereocenters. The molecule has 0 aliphatic rings. The van der Waals surface area contributed by atoms with E-state index in [0.717, 1.165) is 5.56 Å². The lowest BCUT2D eigenvalue weighted by Gasteiger charge is -2.26. The van der Waals surface area contributed by atoms with E-state index in [-0.39, 0.29) is 21.8 Å². The van der Waals surface area contributed by atoms with Crippen LogP contribution in [0.15, 0.2) is 72.8 Å². The number of anilines is 1. The third kappa shape index (κ3) is 5.22. The van der Waals surface area contributed by atoms with Crippen LogP contribution in [0.1, 0.15) is 31.9 Å². The van der Waals surface area contributed by atoms with Gasteiger partial charge in [-0.2, -0.15) is 0 Å². The van der Waals surface area contributed by atoms with Gasteiger partial charge in [-0.3, -0.25) is 14.9 Å². The van der Waals surface area contributed by atoms with E-state index in [0.29, 0.717) is 5.75 Å². The first-order valence-corrected chi connectivity index (χ1v) is 10.1. The molecule has 0 saturated carbocycles. The molecular formula is C24H23ClN2O4. The molecule has 3 aromatic rings. The van der Waals surface area contributed by atoms with E-state index in [1.54, 1.807) is 6.92 Å². The average molecular weight is 439 g/mol.